The molecule has 0 fully saturated rings. The molecule has 0 radical (unpaired) electrons. The number of carbonyl (C=O) groups is 1. The van der Waals surface area contributed by atoms with Gasteiger partial charge in [0.2, 0.25) is 11.8 Å². The van der Waals surface area contributed by atoms with Gasteiger partial charge in [-0.15, -0.1) is 0 Å². The zero-order valence-electron chi connectivity index (χ0n) is 13.8. The number of aromatic nitrogens is 1. The Hall–Kier alpha value is -2.45. The number of rotatable bonds is 5. The summed E-state index contributed by atoms with van der Waals surface area (Å²) in [7, 11) is -3.93. The number of amides is 1. The SMILES string of the molecule is Cc1oc(-c2ccccc2)nc1CC(=O)NS(=O)(=O)c1ccc(Br)cc1. The molecule has 0 aliphatic carbocycles. The second kappa shape index (κ2) is 7.43. The van der Waals surface area contributed by atoms with Crippen LogP contribution in [0.4, 0.5) is 0 Å². The largest absolute Gasteiger partial charge is 0.441 e. The van der Waals surface area contributed by atoms with E-state index in [4.69, 9.17) is 4.42 Å². The molecule has 0 spiro atoms. The fraction of sp³-hybridized carbons (Fsp3) is 0.111. The van der Waals surface area contributed by atoms with E-state index in [2.05, 4.69) is 25.6 Å². The number of oxazole rings is 1. The Morgan fingerprint density at radius 2 is 1.77 bits per heavy atom. The minimum absolute atomic E-state index is 0.0101. The van der Waals surface area contributed by atoms with E-state index in [1.54, 1.807) is 19.1 Å². The number of hydrogen-bond acceptors (Lipinski definition) is 5. The van der Waals surface area contributed by atoms with Crippen LogP contribution in [0.1, 0.15) is 11.5 Å². The number of hydrogen-bond donors (Lipinski definition) is 1. The molecule has 6 nitrogen and oxygen atoms in total. The van der Waals surface area contributed by atoms with E-state index in [0.717, 1.165) is 10.0 Å². The van der Waals surface area contributed by atoms with Crippen molar-refractivity contribution in [2.24, 2.45) is 0 Å². The number of carbonyl (C=O) groups excluding carboxylic acids is 1. The topological polar surface area (TPSA) is 89.3 Å². The smallest absolute Gasteiger partial charge is 0.264 e. The van der Waals surface area contributed by atoms with Gasteiger partial charge in [-0.3, -0.25) is 4.79 Å². The van der Waals surface area contributed by atoms with Crippen molar-refractivity contribution >= 4 is 31.9 Å². The predicted molar refractivity (Wildman–Crippen MR) is 99.9 cm³/mol. The summed E-state index contributed by atoms with van der Waals surface area (Å²) in [4.78, 5) is 16.5. The molecular weight excluding hydrogens is 420 g/mol. The molecule has 0 atom stereocenters. The molecule has 1 aromatic heterocycles. The predicted octanol–water partition coefficient (Wildman–Crippen LogP) is 3.46. The molecule has 26 heavy (non-hydrogen) atoms. The maximum Gasteiger partial charge on any atom is 0.264 e. The normalized spacial score (nSPS) is 11.3. The van der Waals surface area contributed by atoms with Crippen LogP contribution < -0.4 is 4.72 Å². The number of halogens is 1. The van der Waals surface area contributed by atoms with E-state index in [0.29, 0.717) is 17.3 Å². The first-order valence-electron chi connectivity index (χ1n) is 7.68. The van der Waals surface area contributed by atoms with Crippen molar-refractivity contribution < 1.29 is 17.6 Å². The van der Waals surface area contributed by atoms with E-state index < -0.39 is 15.9 Å². The van der Waals surface area contributed by atoms with Gasteiger partial charge in [-0.1, -0.05) is 34.1 Å². The van der Waals surface area contributed by atoms with Gasteiger partial charge in [-0.25, -0.2) is 18.1 Å². The summed E-state index contributed by atoms with van der Waals surface area (Å²) in [6, 6.07) is 15.3. The first-order valence-corrected chi connectivity index (χ1v) is 9.96. The molecule has 0 aliphatic heterocycles. The third kappa shape index (κ3) is 4.20. The fourth-order valence-electron chi connectivity index (χ4n) is 2.31. The number of benzene rings is 2. The second-order valence-corrected chi connectivity index (χ2v) is 8.15. The van der Waals surface area contributed by atoms with Crippen LogP contribution in [0.5, 0.6) is 0 Å². The second-order valence-electron chi connectivity index (χ2n) is 5.55. The first-order chi connectivity index (χ1) is 12.3. The minimum atomic E-state index is -3.93. The summed E-state index contributed by atoms with van der Waals surface area (Å²) in [6.07, 6.45) is -0.197. The summed E-state index contributed by atoms with van der Waals surface area (Å²) in [5, 5.41) is 0. The summed E-state index contributed by atoms with van der Waals surface area (Å²) < 4.78 is 32.9. The van der Waals surface area contributed by atoms with E-state index in [-0.39, 0.29) is 11.3 Å². The van der Waals surface area contributed by atoms with E-state index in [9.17, 15) is 13.2 Å². The lowest BCUT2D eigenvalue weighted by molar-refractivity contribution is -0.118. The van der Waals surface area contributed by atoms with Gasteiger partial charge in [0, 0.05) is 10.0 Å². The number of nitrogens with zero attached hydrogens (tertiary/aromatic N) is 1. The van der Waals surface area contributed by atoms with Crippen molar-refractivity contribution in [3.8, 4) is 11.5 Å². The Bertz CT molecular complexity index is 1030. The summed E-state index contributed by atoms with van der Waals surface area (Å²) in [6.45, 7) is 1.69. The lowest BCUT2D eigenvalue weighted by atomic mass is 10.2. The highest BCUT2D eigenvalue weighted by molar-refractivity contribution is 9.10. The zero-order valence-corrected chi connectivity index (χ0v) is 16.2. The first kappa shape index (κ1) is 18.3. The number of nitrogens with one attached hydrogen (secondary N) is 1. The van der Waals surface area contributed by atoms with Gasteiger partial charge < -0.3 is 4.42 Å². The third-order valence-electron chi connectivity index (χ3n) is 3.61. The van der Waals surface area contributed by atoms with Gasteiger partial charge in [-0.05, 0) is 43.3 Å². The maximum atomic E-state index is 12.3. The van der Waals surface area contributed by atoms with Crippen LogP contribution in [0.3, 0.4) is 0 Å². The Kier molecular flexibility index (Phi) is 5.24. The lowest BCUT2D eigenvalue weighted by Gasteiger charge is -2.06. The van der Waals surface area contributed by atoms with Crippen LogP contribution in [0.25, 0.3) is 11.5 Å². The number of sulfonamides is 1. The molecule has 0 saturated heterocycles. The van der Waals surface area contributed by atoms with Crippen LogP contribution >= 0.6 is 15.9 Å². The lowest BCUT2D eigenvalue weighted by Crippen LogP contribution is -2.32. The summed E-state index contributed by atoms with van der Waals surface area (Å²) >= 11 is 3.24. The van der Waals surface area contributed by atoms with Crippen molar-refractivity contribution in [2.45, 2.75) is 18.2 Å². The van der Waals surface area contributed by atoms with Crippen LogP contribution in [0.2, 0.25) is 0 Å². The Balaban J connectivity index is 1.74. The molecule has 3 aromatic rings. The molecule has 1 amide bonds. The highest BCUT2D eigenvalue weighted by Crippen LogP contribution is 2.22. The molecule has 2 aromatic carbocycles. The average Bonchev–Trinajstić information content (AvgIpc) is 2.96. The highest BCUT2D eigenvalue weighted by atomic mass is 79.9. The standard InChI is InChI=1S/C18H15BrN2O4S/c1-12-16(20-18(25-12)13-5-3-2-4-6-13)11-17(22)21-26(23,24)15-9-7-14(19)8-10-15/h2-10H,11H2,1H3,(H,21,22). The Labute approximate surface area is 159 Å². The van der Waals surface area contributed by atoms with Crippen LogP contribution in [0, 0.1) is 6.92 Å². The molecule has 134 valence electrons. The van der Waals surface area contributed by atoms with Crippen molar-refractivity contribution in [1.29, 1.82) is 0 Å². The molecule has 3 rings (SSSR count). The molecule has 0 saturated carbocycles. The molecule has 0 bridgehead atoms. The van der Waals surface area contributed by atoms with Gasteiger partial charge in [-0.2, -0.15) is 0 Å². The van der Waals surface area contributed by atoms with Crippen molar-refractivity contribution in [3.63, 3.8) is 0 Å². The monoisotopic (exact) mass is 434 g/mol. The van der Waals surface area contributed by atoms with Gasteiger partial charge in [0.05, 0.1) is 17.0 Å². The minimum Gasteiger partial charge on any atom is -0.441 e. The molecular formula is C18H15BrN2O4S. The van der Waals surface area contributed by atoms with E-state index in [1.807, 2.05) is 30.3 Å². The van der Waals surface area contributed by atoms with Crippen LogP contribution in [0.15, 0.2) is 68.4 Å². The molecule has 8 heteroatoms. The fourth-order valence-corrected chi connectivity index (χ4v) is 3.56. The average molecular weight is 435 g/mol. The summed E-state index contributed by atoms with van der Waals surface area (Å²) in [5.41, 5.74) is 1.18. The molecule has 1 heterocycles. The zero-order chi connectivity index (χ0) is 18.7. The molecule has 0 unspecified atom stereocenters. The van der Waals surface area contributed by atoms with Crippen molar-refractivity contribution in [3.05, 3.63) is 70.5 Å². The Morgan fingerprint density at radius 1 is 1.12 bits per heavy atom. The van der Waals surface area contributed by atoms with Gasteiger partial charge in [0.1, 0.15) is 5.76 Å². The quantitative estimate of drug-likeness (QED) is 0.663. The van der Waals surface area contributed by atoms with E-state index >= 15 is 0 Å². The van der Waals surface area contributed by atoms with Crippen molar-refractivity contribution in [2.75, 3.05) is 0 Å². The van der Waals surface area contributed by atoms with Gasteiger partial charge in [0.25, 0.3) is 10.0 Å². The summed E-state index contributed by atoms with van der Waals surface area (Å²) in [5.74, 6) is 0.186. The molecule has 1 N–H and O–H groups in total. The third-order valence-corrected chi connectivity index (χ3v) is 5.53. The van der Waals surface area contributed by atoms with Gasteiger partial charge >= 0.3 is 0 Å². The van der Waals surface area contributed by atoms with Gasteiger partial charge in [0.15, 0.2) is 0 Å². The highest BCUT2D eigenvalue weighted by Gasteiger charge is 2.20. The number of aryl methyl sites for hydroxylation is 1. The Morgan fingerprint density at radius 3 is 2.42 bits per heavy atom. The van der Waals surface area contributed by atoms with Crippen LogP contribution in [-0.2, 0) is 21.2 Å². The maximum absolute atomic E-state index is 12.3. The van der Waals surface area contributed by atoms with Crippen LogP contribution in [-0.4, -0.2) is 19.3 Å². The molecule has 0 aliphatic rings. The van der Waals surface area contributed by atoms with E-state index in [1.165, 1.54) is 12.1 Å². The van der Waals surface area contributed by atoms with Crippen molar-refractivity contribution in [1.82, 2.24) is 9.71 Å².